The number of carbonyl (C=O) groups excluding carboxylic acids is 2. The Morgan fingerprint density at radius 3 is 2.70 bits per heavy atom. The van der Waals surface area contributed by atoms with E-state index in [-0.39, 0.29) is 24.7 Å². The second-order valence-corrected chi connectivity index (χ2v) is 6.70. The number of methoxy groups -OCH3 is 1. The summed E-state index contributed by atoms with van der Waals surface area (Å²) in [5.41, 5.74) is 7.53. The Bertz CT molecular complexity index is 895. The van der Waals surface area contributed by atoms with Gasteiger partial charge in [0.25, 0.3) is 11.8 Å². The Balaban J connectivity index is 1.69. The topological polar surface area (TPSA) is 93.9 Å². The van der Waals surface area contributed by atoms with Crippen LogP contribution in [0.3, 0.4) is 0 Å². The van der Waals surface area contributed by atoms with Gasteiger partial charge >= 0.3 is 0 Å². The molecule has 0 radical (unpaired) electrons. The van der Waals surface area contributed by atoms with Crippen LogP contribution in [0.25, 0.3) is 0 Å². The lowest BCUT2D eigenvalue weighted by atomic mass is 10.0. The number of amides is 2. The molecule has 1 aliphatic heterocycles. The van der Waals surface area contributed by atoms with Gasteiger partial charge in [-0.1, -0.05) is 18.2 Å². The highest BCUT2D eigenvalue weighted by Gasteiger charge is 2.42. The summed E-state index contributed by atoms with van der Waals surface area (Å²) in [5.74, 6) is 0.389. The number of anilines is 1. The summed E-state index contributed by atoms with van der Waals surface area (Å²) in [6.07, 6.45) is 1.71. The van der Waals surface area contributed by atoms with Gasteiger partial charge in [0.2, 0.25) is 0 Å². The zero-order chi connectivity index (χ0) is 19.0. The zero-order valence-corrected chi connectivity index (χ0v) is 15.0. The summed E-state index contributed by atoms with van der Waals surface area (Å²) in [7, 11) is 1.53. The molecular formula is C20H21N3O4. The van der Waals surface area contributed by atoms with Crippen molar-refractivity contribution in [2.45, 2.75) is 25.0 Å². The molecule has 140 valence electrons. The number of para-hydroxylation sites is 1. The molecule has 4 rings (SSSR count). The first kappa shape index (κ1) is 17.2. The van der Waals surface area contributed by atoms with E-state index in [2.05, 4.69) is 5.32 Å². The number of nitrogens with zero attached hydrogens (tertiary/aromatic N) is 1. The SMILES string of the molecule is COc1cc([C@H]2Nc3ccccc3C(=O)N2C2CC2)ccc1OCC(N)=O. The Labute approximate surface area is 157 Å². The second-order valence-electron chi connectivity index (χ2n) is 6.70. The first-order valence-electron chi connectivity index (χ1n) is 8.85. The minimum atomic E-state index is -0.558. The normalized spacial score (nSPS) is 18.5. The van der Waals surface area contributed by atoms with Crippen LogP contribution in [0.15, 0.2) is 42.5 Å². The maximum absolute atomic E-state index is 13.1. The third-order valence-electron chi connectivity index (χ3n) is 4.78. The number of rotatable bonds is 6. The monoisotopic (exact) mass is 367 g/mol. The first-order valence-corrected chi connectivity index (χ1v) is 8.85. The van der Waals surface area contributed by atoms with Gasteiger partial charge in [0, 0.05) is 11.7 Å². The molecule has 1 saturated carbocycles. The van der Waals surface area contributed by atoms with Crippen molar-refractivity contribution in [1.29, 1.82) is 0 Å². The average Bonchev–Trinajstić information content (AvgIpc) is 3.51. The van der Waals surface area contributed by atoms with Gasteiger partial charge in [0.1, 0.15) is 6.17 Å². The van der Waals surface area contributed by atoms with E-state index in [1.165, 1.54) is 7.11 Å². The van der Waals surface area contributed by atoms with Gasteiger partial charge in [0.05, 0.1) is 12.7 Å². The van der Waals surface area contributed by atoms with Gasteiger partial charge < -0.3 is 25.4 Å². The minimum absolute atomic E-state index is 0.0323. The molecule has 2 aliphatic rings. The molecule has 1 fully saturated rings. The summed E-state index contributed by atoms with van der Waals surface area (Å²) in [6.45, 7) is -0.225. The van der Waals surface area contributed by atoms with Gasteiger partial charge in [-0.15, -0.1) is 0 Å². The largest absolute Gasteiger partial charge is 0.493 e. The van der Waals surface area contributed by atoms with Crippen molar-refractivity contribution in [3.63, 3.8) is 0 Å². The van der Waals surface area contributed by atoms with E-state index < -0.39 is 5.91 Å². The van der Waals surface area contributed by atoms with Gasteiger partial charge in [-0.05, 0) is 42.7 Å². The summed E-state index contributed by atoms with van der Waals surface area (Å²) in [5, 5.41) is 3.47. The molecule has 2 aromatic carbocycles. The van der Waals surface area contributed by atoms with E-state index in [1.807, 2.05) is 41.3 Å². The number of fused-ring (bicyclic) bond motifs is 1. The number of carbonyl (C=O) groups is 2. The lowest BCUT2D eigenvalue weighted by molar-refractivity contribution is -0.119. The fourth-order valence-electron chi connectivity index (χ4n) is 3.36. The average molecular weight is 367 g/mol. The molecule has 0 bridgehead atoms. The fraction of sp³-hybridized carbons (Fsp3) is 0.300. The lowest BCUT2D eigenvalue weighted by Crippen LogP contribution is -2.44. The number of hydrogen-bond donors (Lipinski definition) is 2. The van der Waals surface area contributed by atoms with Crippen molar-refractivity contribution >= 4 is 17.5 Å². The van der Waals surface area contributed by atoms with E-state index >= 15 is 0 Å². The molecule has 0 saturated heterocycles. The summed E-state index contributed by atoms with van der Waals surface area (Å²) >= 11 is 0. The highest BCUT2D eigenvalue weighted by atomic mass is 16.5. The maximum atomic E-state index is 13.1. The molecule has 3 N–H and O–H groups in total. The Morgan fingerprint density at radius 1 is 1.22 bits per heavy atom. The van der Waals surface area contributed by atoms with Crippen molar-refractivity contribution in [3.8, 4) is 11.5 Å². The Kier molecular flexibility index (Phi) is 4.35. The van der Waals surface area contributed by atoms with Crippen molar-refractivity contribution in [1.82, 2.24) is 4.90 Å². The number of ether oxygens (including phenoxy) is 2. The third kappa shape index (κ3) is 3.28. The van der Waals surface area contributed by atoms with Crippen LogP contribution < -0.4 is 20.5 Å². The van der Waals surface area contributed by atoms with Crippen molar-refractivity contribution in [3.05, 3.63) is 53.6 Å². The third-order valence-corrected chi connectivity index (χ3v) is 4.78. The predicted molar refractivity (Wildman–Crippen MR) is 99.7 cm³/mol. The maximum Gasteiger partial charge on any atom is 0.258 e. The molecule has 0 aromatic heterocycles. The van der Waals surface area contributed by atoms with Gasteiger partial charge in [0.15, 0.2) is 18.1 Å². The van der Waals surface area contributed by atoms with Crippen LogP contribution in [0.2, 0.25) is 0 Å². The number of hydrogen-bond acceptors (Lipinski definition) is 5. The van der Waals surface area contributed by atoms with Crippen LogP contribution in [0, 0.1) is 0 Å². The number of nitrogens with one attached hydrogen (secondary N) is 1. The van der Waals surface area contributed by atoms with Crippen LogP contribution >= 0.6 is 0 Å². The number of nitrogens with two attached hydrogens (primary N) is 1. The van der Waals surface area contributed by atoms with Crippen LogP contribution in [-0.4, -0.2) is 36.5 Å². The molecule has 2 amide bonds. The Hall–Kier alpha value is -3.22. The Morgan fingerprint density at radius 2 is 2.00 bits per heavy atom. The van der Waals surface area contributed by atoms with E-state index in [9.17, 15) is 9.59 Å². The predicted octanol–water partition coefficient (Wildman–Crippen LogP) is 2.29. The van der Waals surface area contributed by atoms with E-state index in [1.54, 1.807) is 6.07 Å². The van der Waals surface area contributed by atoms with E-state index in [0.29, 0.717) is 17.1 Å². The van der Waals surface area contributed by atoms with Gasteiger partial charge in [-0.25, -0.2) is 0 Å². The molecular weight excluding hydrogens is 346 g/mol. The van der Waals surface area contributed by atoms with E-state index in [0.717, 1.165) is 24.1 Å². The molecule has 7 heteroatoms. The quantitative estimate of drug-likeness (QED) is 0.817. The van der Waals surface area contributed by atoms with Gasteiger partial charge in [-0.2, -0.15) is 0 Å². The molecule has 7 nitrogen and oxygen atoms in total. The highest BCUT2D eigenvalue weighted by molar-refractivity contribution is 6.02. The summed E-state index contributed by atoms with van der Waals surface area (Å²) < 4.78 is 10.8. The number of primary amides is 1. The zero-order valence-electron chi connectivity index (χ0n) is 15.0. The molecule has 1 atom stereocenters. The molecule has 0 spiro atoms. The lowest BCUT2D eigenvalue weighted by Gasteiger charge is -2.38. The van der Waals surface area contributed by atoms with Crippen molar-refractivity contribution in [2.24, 2.45) is 5.73 Å². The minimum Gasteiger partial charge on any atom is -0.493 e. The molecule has 1 heterocycles. The van der Waals surface area contributed by atoms with Crippen LogP contribution in [0.5, 0.6) is 11.5 Å². The van der Waals surface area contributed by atoms with E-state index in [4.69, 9.17) is 15.2 Å². The molecule has 27 heavy (non-hydrogen) atoms. The van der Waals surface area contributed by atoms with Crippen molar-refractivity contribution in [2.75, 3.05) is 19.0 Å². The number of benzene rings is 2. The first-order chi connectivity index (χ1) is 13.1. The van der Waals surface area contributed by atoms with Crippen LogP contribution in [-0.2, 0) is 4.79 Å². The fourth-order valence-corrected chi connectivity index (χ4v) is 3.36. The van der Waals surface area contributed by atoms with Crippen molar-refractivity contribution < 1.29 is 19.1 Å². The molecule has 0 unspecified atom stereocenters. The molecule has 1 aliphatic carbocycles. The summed E-state index contributed by atoms with van der Waals surface area (Å²) in [6, 6.07) is 13.2. The van der Waals surface area contributed by atoms with Crippen LogP contribution in [0.1, 0.15) is 34.9 Å². The second kappa shape index (κ2) is 6.83. The molecule has 2 aromatic rings. The standard InChI is InChI=1S/C20H21N3O4/c1-26-17-10-12(6-9-16(17)27-11-18(21)24)19-22-15-5-3-2-4-14(15)20(25)23(19)13-7-8-13/h2-6,9-10,13,19,22H,7-8,11H2,1H3,(H2,21,24)/t19-/m0/s1. The summed E-state index contributed by atoms with van der Waals surface area (Å²) in [4.78, 5) is 25.9. The smallest absolute Gasteiger partial charge is 0.258 e. The highest BCUT2D eigenvalue weighted by Crippen LogP contribution is 2.42. The van der Waals surface area contributed by atoms with Crippen LogP contribution in [0.4, 0.5) is 5.69 Å². The van der Waals surface area contributed by atoms with Gasteiger partial charge in [-0.3, -0.25) is 9.59 Å².